The summed E-state index contributed by atoms with van der Waals surface area (Å²) in [6, 6.07) is 7.54. The molecule has 2 heterocycles. The standard InChI is InChI=1S/C22H23F3N4O2/c1-13-10-18-14(2)17(6-7-19(18)28-20(13)26)21(30)29(8-9-31-3)12-16-5-4-15(11-27-16)22(23,24)25/h4-7,10-11H,8-9,12H2,1-3H3,(H2,26,28). The molecule has 0 fully saturated rings. The van der Waals surface area contributed by atoms with Crippen LogP contribution in [0, 0.1) is 13.8 Å². The second kappa shape index (κ2) is 8.89. The van der Waals surface area contributed by atoms with Gasteiger partial charge in [-0.2, -0.15) is 13.2 Å². The molecule has 9 heteroatoms. The van der Waals surface area contributed by atoms with Gasteiger partial charge in [-0.3, -0.25) is 9.78 Å². The van der Waals surface area contributed by atoms with Crippen molar-refractivity contribution in [3.63, 3.8) is 0 Å². The fraction of sp³-hybridized carbons (Fsp3) is 0.318. The molecule has 0 radical (unpaired) electrons. The Kier molecular flexibility index (Phi) is 6.45. The van der Waals surface area contributed by atoms with E-state index in [1.165, 1.54) is 18.1 Å². The molecular formula is C22H23F3N4O2. The van der Waals surface area contributed by atoms with Crippen LogP contribution in [0.4, 0.5) is 19.0 Å². The number of hydrogen-bond acceptors (Lipinski definition) is 5. The van der Waals surface area contributed by atoms with Crippen molar-refractivity contribution >= 4 is 22.6 Å². The first-order valence-corrected chi connectivity index (χ1v) is 9.58. The van der Waals surface area contributed by atoms with Crippen LogP contribution in [0.25, 0.3) is 10.9 Å². The van der Waals surface area contributed by atoms with Crippen molar-refractivity contribution in [2.75, 3.05) is 26.0 Å². The number of pyridine rings is 2. The van der Waals surface area contributed by atoms with Gasteiger partial charge in [-0.05, 0) is 55.3 Å². The Morgan fingerprint density at radius 1 is 1.19 bits per heavy atom. The highest BCUT2D eigenvalue weighted by Crippen LogP contribution is 2.29. The molecule has 0 aliphatic rings. The number of aromatic nitrogens is 2. The number of nitrogens with two attached hydrogens (primary N) is 1. The SMILES string of the molecule is COCCN(Cc1ccc(C(F)(F)F)cn1)C(=O)c1ccc2nc(N)c(C)cc2c1C. The second-order valence-corrected chi connectivity index (χ2v) is 7.25. The summed E-state index contributed by atoms with van der Waals surface area (Å²) in [5.41, 5.74) is 8.12. The molecule has 0 saturated heterocycles. The van der Waals surface area contributed by atoms with E-state index in [9.17, 15) is 18.0 Å². The number of alkyl halides is 3. The lowest BCUT2D eigenvalue weighted by Crippen LogP contribution is -2.34. The van der Waals surface area contributed by atoms with Crippen molar-refractivity contribution in [3.8, 4) is 0 Å². The zero-order chi connectivity index (χ0) is 22.8. The molecule has 0 aliphatic carbocycles. The Balaban J connectivity index is 1.92. The van der Waals surface area contributed by atoms with Crippen LogP contribution in [0.2, 0.25) is 0 Å². The maximum Gasteiger partial charge on any atom is 0.417 e. The first kappa shape index (κ1) is 22.5. The highest BCUT2D eigenvalue weighted by Gasteiger charge is 2.30. The number of nitrogens with zero attached hydrogens (tertiary/aromatic N) is 3. The summed E-state index contributed by atoms with van der Waals surface area (Å²) in [5, 5.41) is 0.817. The molecule has 31 heavy (non-hydrogen) atoms. The average Bonchev–Trinajstić information content (AvgIpc) is 2.72. The van der Waals surface area contributed by atoms with Crippen molar-refractivity contribution in [2.45, 2.75) is 26.6 Å². The van der Waals surface area contributed by atoms with Gasteiger partial charge in [0.05, 0.1) is 29.9 Å². The van der Waals surface area contributed by atoms with E-state index in [0.29, 0.717) is 22.6 Å². The number of halogens is 3. The molecule has 0 saturated carbocycles. The van der Waals surface area contributed by atoms with Gasteiger partial charge in [0, 0.05) is 30.8 Å². The summed E-state index contributed by atoms with van der Waals surface area (Å²) in [5.74, 6) is 0.161. The van der Waals surface area contributed by atoms with Crippen LogP contribution >= 0.6 is 0 Å². The molecule has 3 aromatic rings. The quantitative estimate of drug-likeness (QED) is 0.633. The molecule has 2 N–H and O–H groups in total. The number of benzene rings is 1. The first-order chi connectivity index (χ1) is 14.6. The number of amides is 1. The van der Waals surface area contributed by atoms with E-state index < -0.39 is 11.7 Å². The van der Waals surface area contributed by atoms with Crippen molar-refractivity contribution in [1.82, 2.24) is 14.9 Å². The Morgan fingerprint density at radius 2 is 1.94 bits per heavy atom. The van der Waals surface area contributed by atoms with Gasteiger partial charge in [0.25, 0.3) is 5.91 Å². The van der Waals surface area contributed by atoms with Crippen LogP contribution in [0.15, 0.2) is 36.5 Å². The van der Waals surface area contributed by atoms with Gasteiger partial charge in [-0.25, -0.2) is 4.98 Å². The number of carbonyl (C=O) groups is 1. The Hall–Kier alpha value is -3.20. The molecule has 3 rings (SSSR count). The molecule has 0 atom stereocenters. The molecule has 164 valence electrons. The van der Waals surface area contributed by atoms with Crippen LogP contribution in [0.1, 0.15) is 32.7 Å². The fourth-order valence-corrected chi connectivity index (χ4v) is 3.24. The number of anilines is 1. The number of carbonyl (C=O) groups excluding carboxylic acids is 1. The molecule has 1 aromatic carbocycles. The first-order valence-electron chi connectivity index (χ1n) is 9.58. The number of aryl methyl sites for hydroxylation is 2. The molecule has 0 unspecified atom stereocenters. The van der Waals surface area contributed by atoms with E-state index in [1.54, 1.807) is 12.1 Å². The van der Waals surface area contributed by atoms with Crippen LogP contribution in [0.3, 0.4) is 0 Å². The van der Waals surface area contributed by atoms with E-state index in [4.69, 9.17) is 10.5 Å². The van der Waals surface area contributed by atoms with Gasteiger partial charge in [0.1, 0.15) is 5.82 Å². The van der Waals surface area contributed by atoms with Crippen LogP contribution < -0.4 is 5.73 Å². The van der Waals surface area contributed by atoms with Crippen molar-refractivity contribution in [2.24, 2.45) is 0 Å². The lowest BCUT2D eigenvalue weighted by atomic mass is 10.0. The summed E-state index contributed by atoms with van der Waals surface area (Å²) in [7, 11) is 1.51. The van der Waals surface area contributed by atoms with E-state index in [-0.39, 0.29) is 25.6 Å². The smallest absolute Gasteiger partial charge is 0.383 e. The number of fused-ring (bicyclic) bond motifs is 1. The lowest BCUT2D eigenvalue weighted by Gasteiger charge is -2.23. The molecule has 0 spiro atoms. The van der Waals surface area contributed by atoms with Gasteiger partial charge >= 0.3 is 6.18 Å². The van der Waals surface area contributed by atoms with Gasteiger partial charge in [0.15, 0.2) is 0 Å². The summed E-state index contributed by atoms with van der Waals surface area (Å²) >= 11 is 0. The van der Waals surface area contributed by atoms with E-state index in [0.717, 1.165) is 28.8 Å². The lowest BCUT2D eigenvalue weighted by molar-refractivity contribution is -0.137. The number of ether oxygens (including phenoxy) is 1. The predicted octanol–water partition coefficient (Wildman–Crippen LogP) is 4.14. The van der Waals surface area contributed by atoms with Crippen molar-refractivity contribution in [3.05, 3.63) is 64.5 Å². The number of hydrogen-bond donors (Lipinski definition) is 1. The largest absolute Gasteiger partial charge is 0.417 e. The second-order valence-electron chi connectivity index (χ2n) is 7.25. The molecule has 0 bridgehead atoms. The Bertz CT molecular complexity index is 1100. The topological polar surface area (TPSA) is 81.3 Å². The van der Waals surface area contributed by atoms with Gasteiger partial charge in [-0.1, -0.05) is 0 Å². The van der Waals surface area contributed by atoms with Gasteiger partial charge in [-0.15, -0.1) is 0 Å². The minimum absolute atomic E-state index is 0.0524. The number of methoxy groups -OCH3 is 1. The molecule has 2 aromatic heterocycles. The third-order valence-corrected chi connectivity index (χ3v) is 5.09. The van der Waals surface area contributed by atoms with Crippen LogP contribution in [-0.2, 0) is 17.5 Å². The summed E-state index contributed by atoms with van der Waals surface area (Å²) in [6.45, 7) is 4.26. The van der Waals surface area contributed by atoms with Crippen LogP contribution in [-0.4, -0.2) is 41.0 Å². The number of nitrogen functional groups attached to an aromatic ring is 1. The monoisotopic (exact) mass is 432 g/mol. The molecular weight excluding hydrogens is 409 g/mol. The Morgan fingerprint density at radius 3 is 2.55 bits per heavy atom. The maximum atomic E-state index is 13.3. The predicted molar refractivity (Wildman–Crippen MR) is 111 cm³/mol. The highest BCUT2D eigenvalue weighted by atomic mass is 19.4. The minimum atomic E-state index is -4.46. The third-order valence-electron chi connectivity index (χ3n) is 5.09. The summed E-state index contributed by atoms with van der Waals surface area (Å²) < 4.78 is 43.5. The van der Waals surface area contributed by atoms with E-state index in [1.807, 2.05) is 19.9 Å². The summed E-state index contributed by atoms with van der Waals surface area (Å²) in [6.07, 6.45) is -3.69. The average molecular weight is 432 g/mol. The molecule has 1 amide bonds. The fourth-order valence-electron chi connectivity index (χ4n) is 3.24. The zero-order valence-electron chi connectivity index (χ0n) is 17.5. The highest BCUT2D eigenvalue weighted by molar-refractivity contribution is 6.01. The zero-order valence-corrected chi connectivity index (χ0v) is 17.5. The van der Waals surface area contributed by atoms with Crippen molar-refractivity contribution < 1.29 is 22.7 Å². The number of rotatable bonds is 6. The van der Waals surface area contributed by atoms with E-state index in [2.05, 4.69) is 9.97 Å². The third kappa shape index (κ3) is 4.93. The molecule has 6 nitrogen and oxygen atoms in total. The molecule has 0 aliphatic heterocycles. The maximum absolute atomic E-state index is 13.3. The minimum Gasteiger partial charge on any atom is -0.383 e. The van der Waals surface area contributed by atoms with Gasteiger partial charge in [0.2, 0.25) is 0 Å². The van der Waals surface area contributed by atoms with E-state index >= 15 is 0 Å². The Labute approximate surface area is 177 Å². The van der Waals surface area contributed by atoms with Crippen molar-refractivity contribution in [1.29, 1.82) is 0 Å². The van der Waals surface area contributed by atoms with Crippen LogP contribution in [0.5, 0.6) is 0 Å². The van der Waals surface area contributed by atoms with Gasteiger partial charge < -0.3 is 15.4 Å². The normalized spacial score (nSPS) is 11.7. The summed E-state index contributed by atoms with van der Waals surface area (Å²) in [4.78, 5) is 23.1.